The Morgan fingerprint density at radius 2 is 2.26 bits per heavy atom. The number of fused-ring (bicyclic) bond motifs is 1. The summed E-state index contributed by atoms with van der Waals surface area (Å²) in [5.74, 6) is -0.0669. The molecule has 1 aromatic carbocycles. The van der Waals surface area contributed by atoms with E-state index in [1.807, 2.05) is 0 Å². The highest BCUT2D eigenvalue weighted by Crippen LogP contribution is 2.21. The Morgan fingerprint density at radius 1 is 1.47 bits per heavy atom. The molecule has 0 aliphatic carbocycles. The first-order valence-corrected chi connectivity index (χ1v) is 6.07. The van der Waals surface area contributed by atoms with Crippen LogP contribution in [0.25, 0.3) is 10.9 Å². The zero-order chi connectivity index (χ0) is 13.8. The van der Waals surface area contributed by atoms with Gasteiger partial charge >= 0.3 is 0 Å². The standard InChI is InChI=1S/C14H16N2O3/c1-9(8-17)15-7-14(19)11-3-2-4-13-12(11)5-10(18)6-16-13/h2-6,9,15,17-18H,7-8H2,1H3. The minimum absolute atomic E-state index is 0.0227. The third kappa shape index (κ3) is 3.07. The number of aliphatic hydroxyl groups excluding tert-OH is 1. The molecule has 0 fully saturated rings. The third-order valence-corrected chi connectivity index (χ3v) is 2.90. The number of nitrogens with zero attached hydrogens (tertiary/aromatic N) is 1. The third-order valence-electron chi connectivity index (χ3n) is 2.90. The van der Waals surface area contributed by atoms with Gasteiger partial charge in [0.2, 0.25) is 0 Å². The minimum Gasteiger partial charge on any atom is -0.506 e. The summed E-state index contributed by atoms with van der Waals surface area (Å²) in [5.41, 5.74) is 1.18. The van der Waals surface area contributed by atoms with E-state index in [9.17, 15) is 9.90 Å². The molecule has 0 aliphatic heterocycles. The maximum Gasteiger partial charge on any atom is 0.177 e. The number of Topliss-reactive ketones (excluding diaryl/α,β-unsaturated/α-hetero) is 1. The van der Waals surface area contributed by atoms with Crippen molar-refractivity contribution in [2.75, 3.05) is 13.2 Å². The highest BCUT2D eigenvalue weighted by atomic mass is 16.3. The highest BCUT2D eigenvalue weighted by Gasteiger charge is 2.12. The summed E-state index contributed by atoms with van der Waals surface area (Å²) >= 11 is 0. The molecule has 0 saturated carbocycles. The number of hydrogen-bond donors (Lipinski definition) is 3. The lowest BCUT2D eigenvalue weighted by molar-refractivity contribution is 0.0985. The van der Waals surface area contributed by atoms with E-state index >= 15 is 0 Å². The van der Waals surface area contributed by atoms with Gasteiger partial charge in [-0.2, -0.15) is 0 Å². The first-order valence-electron chi connectivity index (χ1n) is 6.07. The van der Waals surface area contributed by atoms with E-state index < -0.39 is 0 Å². The molecule has 100 valence electrons. The van der Waals surface area contributed by atoms with E-state index in [1.165, 1.54) is 12.3 Å². The maximum absolute atomic E-state index is 12.1. The van der Waals surface area contributed by atoms with Gasteiger partial charge in [0.1, 0.15) is 5.75 Å². The quantitative estimate of drug-likeness (QED) is 0.701. The fraction of sp³-hybridized carbons (Fsp3) is 0.286. The fourth-order valence-electron chi connectivity index (χ4n) is 1.81. The van der Waals surface area contributed by atoms with Gasteiger partial charge in [0.25, 0.3) is 0 Å². The van der Waals surface area contributed by atoms with Crippen LogP contribution in [-0.4, -0.2) is 40.2 Å². The first-order chi connectivity index (χ1) is 9.11. The summed E-state index contributed by atoms with van der Waals surface area (Å²) in [4.78, 5) is 16.2. The van der Waals surface area contributed by atoms with Crippen molar-refractivity contribution in [3.63, 3.8) is 0 Å². The summed E-state index contributed by atoms with van der Waals surface area (Å²) in [7, 11) is 0. The van der Waals surface area contributed by atoms with Gasteiger partial charge in [-0.1, -0.05) is 12.1 Å². The Hall–Kier alpha value is -1.98. The van der Waals surface area contributed by atoms with Gasteiger partial charge in [-0.15, -0.1) is 0 Å². The maximum atomic E-state index is 12.1. The van der Waals surface area contributed by atoms with Gasteiger partial charge in [-0.05, 0) is 19.1 Å². The molecule has 0 bridgehead atoms. The molecule has 2 aromatic rings. The highest BCUT2D eigenvalue weighted by molar-refractivity contribution is 6.08. The van der Waals surface area contributed by atoms with Crippen LogP contribution in [0.2, 0.25) is 0 Å². The van der Waals surface area contributed by atoms with Gasteiger partial charge in [-0.25, -0.2) is 0 Å². The Labute approximate surface area is 110 Å². The summed E-state index contributed by atoms with van der Waals surface area (Å²) in [6.45, 7) is 1.91. The number of rotatable bonds is 5. The van der Waals surface area contributed by atoms with E-state index in [0.29, 0.717) is 16.5 Å². The van der Waals surface area contributed by atoms with Crippen LogP contribution in [0.4, 0.5) is 0 Å². The molecular formula is C14H16N2O3. The molecule has 0 spiro atoms. The topological polar surface area (TPSA) is 82.5 Å². The Balaban J connectivity index is 2.29. The average molecular weight is 260 g/mol. The second kappa shape index (κ2) is 5.77. The predicted octanol–water partition coefficient (Wildman–Crippen LogP) is 1.09. The van der Waals surface area contributed by atoms with Crippen LogP contribution in [0.15, 0.2) is 30.5 Å². The van der Waals surface area contributed by atoms with Crippen molar-refractivity contribution >= 4 is 16.7 Å². The number of carbonyl (C=O) groups is 1. The van der Waals surface area contributed by atoms with E-state index in [4.69, 9.17) is 5.11 Å². The van der Waals surface area contributed by atoms with Gasteiger partial charge < -0.3 is 15.5 Å². The minimum atomic E-state index is -0.134. The Morgan fingerprint density at radius 3 is 3.00 bits per heavy atom. The molecule has 0 radical (unpaired) electrons. The lowest BCUT2D eigenvalue weighted by Gasteiger charge is -2.10. The molecule has 2 rings (SSSR count). The molecule has 19 heavy (non-hydrogen) atoms. The summed E-state index contributed by atoms with van der Waals surface area (Å²) in [5, 5.41) is 21.9. The Bertz CT molecular complexity index is 598. The number of pyridine rings is 1. The fourth-order valence-corrected chi connectivity index (χ4v) is 1.81. The van der Waals surface area contributed by atoms with Crippen molar-refractivity contribution in [1.29, 1.82) is 0 Å². The van der Waals surface area contributed by atoms with Crippen molar-refractivity contribution in [3.05, 3.63) is 36.0 Å². The van der Waals surface area contributed by atoms with Gasteiger partial charge in [-0.3, -0.25) is 9.78 Å². The van der Waals surface area contributed by atoms with E-state index in [0.717, 1.165) is 0 Å². The van der Waals surface area contributed by atoms with Crippen LogP contribution in [0.5, 0.6) is 5.75 Å². The number of benzene rings is 1. The number of carbonyl (C=O) groups excluding carboxylic acids is 1. The van der Waals surface area contributed by atoms with Crippen LogP contribution in [0.1, 0.15) is 17.3 Å². The van der Waals surface area contributed by atoms with Crippen molar-refractivity contribution in [3.8, 4) is 5.75 Å². The second-order valence-corrected chi connectivity index (χ2v) is 4.45. The molecular weight excluding hydrogens is 244 g/mol. The zero-order valence-electron chi connectivity index (χ0n) is 10.6. The molecule has 3 N–H and O–H groups in total. The SMILES string of the molecule is CC(CO)NCC(=O)c1cccc2ncc(O)cc12. The van der Waals surface area contributed by atoms with Crippen LogP contribution in [0, 0.1) is 0 Å². The number of ketones is 1. The van der Waals surface area contributed by atoms with Crippen LogP contribution >= 0.6 is 0 Å². The molecule has 1 atom stereocenters. The first kappa shape index (κ1) is 13.5. The average Bonchev–Trinajstić information content (AvgIpc) is 2.43. The van der Waals surface area contributed by atoms with Crippen LogP contribution in [-0.2, 0) is 0 Å². The number of aromatic nitrogens is 1. The molecule has 5 nitrogen and oxygen atoms in total. The molecule has 0 aliphatic rings. The Kier molecular flexibility index (Phi) is 4.09. The second-order valence-electron chi connectivity index (χ2n) is 4.45. The lowest BCUT2D eigenvalue weighted by atomic mass is 10.0. The van der Waals surface area contributed by atoms with Crippen molar-refractivity contribution in [2.24, 2.45) is 0 Å². The monoisotopic (exact) mass is 260 g/mol. The van der Waals surface area contributed by atoms with Gasteiger partial charge in [0, 0.05) is 17.0 Å². The molecule has 0 saturated heterocycles. The van der Waals surface area contributed by atoms with Crippen molar-refractivity contribution in [2.45, 2.75) is 13.0 Å². The van der Waals surface area contributed by atoms with E-state index in [-0.39, 0.29) is 30.7 Å². The number of aliphatic hydroxyl groups is 1. The van der Waals surface area contributed by atoms with Gasteiger partial charge in [0.05, 0.1) is 24.9 Å². The van der Waals surface area contributed by atoms with Crippen LogP contribution < -0.4 is 5.32 Å². The van der Waals surface area contributed by atoms with E-state index in [1.54, 1.807) is 25.1 Å². The summed E-state index contributed by atoms with van der Waals surface area (Å²) in [6, 6.07) is 6.65. The summed E-state index contributed by atoms with van der Waals surface area (Å²) in [6.07, 6.45) is 1.35. The van der Waals surface area contributed by atoms with Gasteiger partial charge in [0.15, 0.2) is 5.78 Å². The normalized spacial score (nSPS) is 12.5. The van der Waals surface area contributed by atoms with Crippen molar-refractivity contribution in [1.82, 2.24) is 10.3 Å². The molecule has 1 aromatic heterocycles. The lowest BCUT2D eigenvalue weighted by Crippen LogP contribution is -2.33. The zero-order valence-corrected chi connectivity index (χ0v) is 10.6. The molecule has 0 amide bonds. The smallest absolute Gasteiger partial charge is 0.177 e. The molecule has 1 heterocycles. The summed E-state index contributed by atoms with van der Waals surface area (Å²) < 4.78 is 0. The number of aromatic hydroxyl groups is 1. The number of nitrogens with one attached hydrogen (secondary N) is 1. The van der Waals surface area contributed by atoms with E-state index in [2.05, 4.69) is 10.3 Å². The van der Waals surface area contributed by atoms with Crippen molar-refractivity contribution < 1.29 is 15.0 Å². The molecule has 1 unspecified atom stereocenters. The molecule has 5 heteroatoms. The largest absolute Gasteiger partial charge is 0.506 e. The van der Waals surface area contributed by atoms with Crippen LogP contribution in [0.3, 0.4) is 0 Å². The number of hydrogen-bond acceptors (Lipinski definition) is 5. The predicted molar refractivity (Wildman–Crippen MR) is 72.3 cm³/mol.